The number of aliphatic hydroxyl groups excluding tert-OH is 1. The minimum absolute atomic E-state index is 0.344. The third kappa shape index (κ3) is 50.5. The molecule has 0 fully saturated rings. The second-order valence-corrected chi connectivity index (χ2v) is 3.64. The number of aliphatic hydroxyl groups is 1. The van der Waals surface area contributed by atoms with Crippen LogP contribution < -0.4 is 11.1 Å². The Morgan fingerprint density at radius 1 is 1.06 bits per heavy atom. The molecule has 4 nitrogen and oxygen atoms in total. The first-order valence-corrected chi connectivity index (χ1v) is 6.72. The van der Waals surface area contributed by atoms with E-state index in [9.17, 15) is 4.79 Å². The summed E-state index contributed by atoms with van der Waals surface area (Å²) in [6.45, 7) is 8.28. The summed E-state index contributed by atoms with van der Waals surface area (Å²) in [5.74, 6) is 0. The second-order valence-electron chi connectivity index (χ2n) is 3.64. The Hall–Kier alpha value is -0.610. The quantitative estimate of drug-likeness (QED) is 0.454. The number of carbonyl (C=O) groups is 1. The van der Waals surface area contributed by atoms with Crippen LogP contribution >= 0.6 is 0 Å². The van der Waals surface area contributed by atoms with Crippen molar-refractivity contribution in [3.63, 3.8) is 0 Å². The van der Waals surface area contributed by atoms with Crippen LogP contribution in [0.1, 0.15) is 59.3 Å². The number of unbranched alkanes of at least 4 members (excludes halogenated alkanes) is 3. The van der Waals surface area contributed by atoms with Crippen molar-refractivity contribution < 1.29 is 9.90 Å². The Morgan fingerprint density at radius 3 is 1.76 bits per heavy atom. The lowest BCUT2D eigenvalue weighted by molar-refractivity contribution is -0.109. The first-order chi connectivity index (χ1) is 8.24. The van der Waals surface area contributed by atoms with Gasteiger partial charge >= 0.3 is 0 Å². The van der Waals surface area contributed by atoms with Crippen LogP contribution in [0.4, 0.5) is 0 Å². The van der Waals surface area contributed by atoms with Crippen molar-refractivity contribution in [1.29, 1.82) is 0 Å². The highest BCUT2D eigenvalue weighted by Crippen LogP contribution is 1.79. The van der Waals surface area contributed by atoms with E-state index < -0.39 is 0 Å². The molecule has 0 aromatic heterocycles. The molecule has 0 spiro atoms. The van der Waals surface area contributed by atoms with E-state index in [2.05, 4.69) is 26.1 Å². The van der Waals surface area contributed by atoms with E-state index in [1.54, 1.807) is 0 Å². The fourth-order valence-corrected chi connectivity index (χ4v) is 0.700. The van der Waals surface area contributed by atoms with Crippen molar-refractivity contribution in [2.24, 2.45) is 5.73 Å². The van der Waals surface area contributed by atoms with Gasteiger partial charge in [-0.15, -0.1) is 0 Å². The van der Waals surface area contributed by atoms with Crippen molar-refractivity contribution in [3.8, 4) is 0 Å². The summed E-state index contributed by atoms with van der Waals surface area (Å²) in [4.78, 5) is 9.57. The van der Waals surface area contributed by atoms with E-state index in [1.807, 2.05) is 0 Å². The third-order valence-electron chi connectivity index (χ3n) is 1.83. The monoisotopic (exact) mass is 248 g/mol. The van der Waals surface area contributed by atoms with E-state index in [-0.39, 0.29) is 0 Å². The van der Waals surface area contributed by atoms with Gasteiger partial charge in [0.1, 0.15) is 0 Å². The molecule has 0 radical (unpaired) electrons. The average Bonchev–Trinajstić information content (AvgIpc) is 2.33. The van der Waals surface area contributed by atoms with Crippen LogP contribution in [0.2, 0.25) is 0 Å². The normalized spacial score (nSPS) is 8.29. The van der Waals surface area contributed by atoms with Gasteiger partial charge in [-0.25, -0.2) is 0 Å². The lowest BCUT2D eigenvalue weighted by atomic mass is 10.3. The fourth-order valence-electron chi connectivity index (χ4n) is 0.700. The number of nitrogens with one attached hydrogen (secondary N) is 1. The molecule has 0 saturated heterocycles. The predicted octanol–water partition coefficient (Wildman–Crippen LogP) is 2.06. The Bertz CT molecular complexity index is 102. The van der Waals surface area contributed by atoms with E-state index in [0.29, 0.717) is 6.61 Å². The topological polar surface area (TPSA) is 75.3 Å². The van der Waals surface area contributed by atoms with Gasteiger partial charge in [0.05, 0.1) is 0 Å². The summed E-state index contributed by atoms with van der Waals surface area (Å²) < 4.78 is 0. The molecule has 1 amide bonds. The van der Waals surface area contributed by atoms with Crippen LogP contribution in [0.25, 0.3) is 0 Å². The molecule has 0 bridgehead atoms. The predicted molar refractivity (Wildman–Crippen MR) is 74.9 cm³/mol. The zero-order valence-corrected chi connectivity index (χ0v) is 11.9. The zero-order valence-electron chi connectivity index (χ0n) is 11.9. The lowest BCUT2D eigenvalue weighted by Gasteiger charge is -1.90. The maximum absolute atomic E-state index is 9.57. The zero-order chi connectivity index (χ0) is 13.8. The molecular formula is C13H32N2O2. The first-order valence-electron chi connectivity index (χ1n) is 6.72. The summed E-state index contributed by atoms with van der Waals surface area (Å²) >= 11 is 0. The Morgan fingerprint density at radius 2 is 1.59 bits per heavy atom. The molecule has 106 valence electrons. The molecule has 0 aromatic rings. The van der Waals surface area contributed by atoms with Gasteiger partial charge in [-0.05, 0) is 25.8 Å². The second kappa shape index (κ2) is 29.5. The van der Waals surface area contributed by atoms with Gasteiger partial charge in [-0.3, -0.25) is 4.79 Å². The highest BCUT2D eigenvalue weighted by molar-refractivity contribution is 5.45. The minimum atomic E-state index is 0.344. The molecule has 4 N–H and O–H groups in total. The van der Waals surface area contributed by atoms with Gasteiger partial charge in [-0.1, -0.05) is 40.0 Å². The summed E-state index contributed by atoms with van der Waals surface area (Å²) in [7, 11) is 0. The number of rotatable bonds is 8. The Balaban J connectivity index is -0.000000177. The highest BCUT2D eigenvalue weighted by Gasteiger charge is 1.76. The maximum Gasteiger partial charge on any atom is 0.207 e. The fraction of sp³-hybridized carbons (Fsp3) is 0.923. The first kappa shape index (κ1) is 21.7. The van der Waals surface area contributed by atoms with Crippen LogP contribution in [0.5, 0.6) is 0 Å². The molecule has 0 aliphatic carbocycles. The molecule has 0 heterocycles. The summed E-state index contributed by atoms with van der Waals surface area (Å²) in [6.07, 6.45) is 7.38. The molecule has 17 heavy (non-hydrogen) atoms. The van der Waals surface area contributed by atoms with Crippen LogP contribution in [0, 0.1) is 0 Å². The maximum atomic E-state index is 9.57. The molecule has 0 unspecified atom stereocenters. The third-order valence-corrected chi connectivity index (χ3v) is 1.83. The number of amides is 1. The molecule has 4 heteroatoms. The van der Waals surface area contributed by atoms with Crippen molar-refractivity contribution in [2.45, 2.75) is 59.3 Å². The van der Waals surface area contributed by atoms with E-state index in [4.69, 9.17) is 10.8 Å². The molecule has 0 aliphatic heterocycles. The summed E-state index contributed by atoms with van der Waals surface area (Å²) in [5, 5.41) is 10.6. The van der Waals surface area contributed by atoms with E-state index >= 15 is 0 Å². The number of carbonyl (C=O) groups excluding carboxylic acids is 1. The molecule has 0 aliphatic rings. The smallest absolute Gasteiger partial charge is 0.207 e. The molecule has 0 saturated carbocycles. The largest absolute Gasteiger partial charge is 0.396 e. The molecule has 0 aromatic carbocycles. The number of hydrogen-bond acceptors (Lipinski definition) is 3. The number of nitrogens with two attached hydrogens (primary N) is 1. The minimum Gasteiger partial charge on any atom is -0.396 e. The van der Waals surface area contributed by atoms with Crippen LogP contribution in [0.3, 0.4) is 0 Å². The molecule has 0 atom stereocenters. The van der Waals surface area contributed by atoms with Crippen molar-refractivity contribution in [3.05, 3.63) is 0 Å². The van der Waals surface area contributed by atoms with Crippen molar-refractivity contribution in [2.75, 3.05) is 19.7 Å². The molecular weight excluding hydrogens is 216 g/mol. The van der Waals surface area contributed by atoms with Gasteiger partial charge in [0.25, 0.3) is 0 Å². The van der Waals surface area contributed by atoms with Crippen molar-refractivity contribution >= 4 is 6.41 Å². The van der Waals surface area contributed by atoms with Gasteiger partial charge in [-0.2, -0.15) is 0 Å². The number of hydrogen-bond donors (Lipinski definition) is 3. The average molecular weight is 248 g/mol. The van der Waals surface area contributed by atoms with Gasteiger partial charge in [0.15, 0.2) is 0 Å². The summed E-state index contributed by atoms with van der Waals surface area (Å²) in [6, 6.07) is 0. The van der Waals surface area contributed by atoms with Gasteiger partial charge < -0.3 is 16.2 Å². The lowest BCUT2D eigenvalue weighted by Crippen LogP contribution is -2.11. The van der Waals surface area contributed by atoms with Crippen LogP contribution in [-0.2, 0) is 4.79 Å². The Labute approximate surface area is 107 Å². The standard InChI is InChI=1S/C5H11NO.C4H11N.C4H10O/c1-2-3-4-6-5-7;2*1-2-3-4-5/h5H,2-4H2,1H3,(H,6,7);2-5H2,1H3;5H,2-4H2,1H3. The highest BCUT2D eigenvalue weighted by atomic mass is 16.2. The van der Waals surface area contributed by atoms with Gasteiger partial charge in [0.2, 0.25) is 6.41 Å². The van der Waals surface area contributed by atoms with Crippen LogP contribution in [0.15, 0.2) is 0 Å². The van der Waals surface area contributed by atoms with Crippen LogP contribution in [-0.4, -0.2) is 31.2 Å². The molecule has 0 rings (SSSR count). The van der Waals surface area contributed by atoms with E-state index in [1.165, 1.54) is 12.8 Å². The van der Waals surface area contributed by atoms with Crippen molar-refractivity contribution in [1.82, 2.24) is 5.32 Å². The van der Waals surface area contributed by atoms with Gasteiger partial charge in [0, 0.05) is 13.2 Å². The SMILES string of the molecule is CCCCN.CCCCNC=O.CCCCO. The summed E-state index contributed by atoms with van der Waals surface area (Å²) in [5.41, 5.74) is 5.14. The Kier molecular flexibility index (Phi) is 37.6. The van der Waals surface area contributed by atoms with E-state index in [0.717, 1.165) is 45.2 Å².